The summed E-state index contributed by atoms with van der Waals surface area (Å²) in [4.78, 5) is 30.3. The molecule has 1 fully saturated rings. The van der Waals surface area contributed by atoms with Crippen LogP contribution in [0, 0.1) is 5.92 Å². The number of aromatic nitrogens is 1. The van der Waals surface area contributed by atoms with E-state index in [1.165, 1.54) is 0 Å². The molecular formula is C18H17N3O4. The number of carbonyl (C=O) groups excluding carboxylic acids is 2. The molecule has 7 nitrogen and oxygen atoms in total. The summed E-state index contributed by atoms with van der Waals surface area (Å²) in [7, 11) is 0. The third-order valence-corrected chi connectivity index (χ3v) is 4.35. The molecule has 0 radical (unpaired) electrons. The Labute approximate surface area is 144 Å². The zero-order chi connectivity index (χ0) is 17.2. The van der Waals surface area contributed by atoms with Crippen molar-refractivity contribution in [3.63, 3.8) is 0 Å². The van der Waals surface area contributed by atoms with Gasteiger partial charge in [0, 0.05) is 43.7 Å². The Bertz CT molecular complexity index is 809. The largest absolute Gasteiger partial charge is 0.454 e. The summed E-state index contributed by atoms with van der Waals surface area (Å²) in [6.07, 6.45) is 3.59. The van der Waals surface area contributed by atoms with Crippen LogP contribution in [-0.4, -0.2) is 30.1 Å². The second kappa shape index (κ2) is 6.43. The van der Waals surface area contributed by atoms with Gasteiger partial charge in [-0.05, 0) is 23.8 Å². The van der Waals surface area contributed by atoms with Crippen LogP contribution in [0.2, 0.25) is 0 Å². The first-order valence-corrected chi connectivity index (χ1v) is 8.07. The van der Waals surface area contributed by atoms with Gasteiger partial charge in [0.1, 0.15) is 0 Å². The van der Waals surface area contributed by atoms with Crippen molar-refractivity contribution in [2.75, 3.05) is 18.2 Å². The highest BCUT2D eigenvalue weighted by Crippen LogP contribution is 2.37. The SMILES string of the molecule is O=C(NCc1cccnc1)C1CC(=O)N(c2ccc3c(c2)OCO3)C1. The number of amides is 2. The van der Waals surface area contributed by atoms with Crippen molar-refractivity contribution < 1.29 is 19.1 Å². The Balaban J connectivity index is 1.40. The van der Waals surface area contributed by atoms with Gasteiger partial charge in [-0.3, -0.25) is 14.6 Å². The Morgan fingerprint density at radius 1 is 1.28 bits per heavy atom. The van der Waals surface area contributed by atoms with E-state index < -0.39 is 0 Å². The molecule has 0 saturated carbocycles. The molecule has 1 saturated heterocycles. The number of rotatable bonds is 4. The molecule has 0 bridgehead atoms. The van der Waals surface area contributed by atoms with Crippen molar-refractivity contribution in [1.82, 2.24) is 10.3 Å². The first-order valence-electron chi connectivity index (χ1n) is 8.07. The van der Waals surface area contributed by atoms with Gasteiger partial charge in [0.05, 0.1) is 5.92 Å². The summed E-state index contributed by atoms with van der Waals surface area (Å²) in [6, 6.07) is 9.08. The maximum absolute atomic E-state index is 12.4. The van der Waals surface area contributed by atoms with Crippen LogP contribution in [0.1, 0.15) is 12.0 Å². The maximum Gasteiger partial charge on any atom is 0.231 e. The van der Waals surface area contributed by atoms with E-state index in [-0.39, 0.29) is 30.9 Å². The normalized spacial score (nSPS) is 18.5. The molecule has 128 valence electrons. The van der Waals surface area contributed by atoms with Gasteiger partial charge in [0.15, 0.2) is 11.5 Å². The number of hydrogen-bond donors (Lipinski definition) is 1. The van der Waals surface area contributed by atoms with E-state index in [4.69, 9.17) is 9.47 Å². The summed E-state index contributed by atoms with van der Waals surface area (Å²) >= 11 is 0. The average molecular weight is 339 g/mol. The topological polar surface area (TPSA) is 80.8 Å². The number of fused-ring (bicyclic) bond motifs is 1. The molecule has 4 rings (SSSR count). The molecule has 1 aromatic carbocycles. The average Bonchev–Trinajstić information content (AvgIpc) is 3.26. The first kappa shape index (κ1) is 15.4. The minimum atomic E-state index is -0.366. The zero-order valence-electron chi connectivity index (χ0n) is 13.5. The van der Waals surface area contributed by atoms with E-state index in [0.29, 0.717) is 24.6 Å². The first-order chi connectivity index (χ1) is 12.2. The Kier molecular flexibility index (Phi) is 3.97. The lowest BCUT2D eigenvalue weighted by atomic mass is 10.1. The molecule has 1 aromatic heterocycles. The quantitative estimate of drug-likeness (QED) is 0.912. The Hall–Kier alpha value is -3.09. The van der Waals surface area contributed by atoms with Crippen LogP contribution in [0.15, 0.2) is 42.7 Å². The summed E-state index contributed by atoms with van der Waals surface area (Å²) in [5, 5.41) is 2.87. The van der Waals surface area contributed by atoms with Crippen LogP contribution < -0.4 is 19.7 Å². The monoisotopic (exact) mass is 339 g/mol. The van der Waals surface area contributed by atoms with Gasteiger partial charge in [0.2, 0.25) is 18.6 Å². The highest BCUT2D eigenvalue weighted by atomic mass is 16.7. The van der Waals surface area contributed by atoms with Crippen LogP contribution in [0.4, 0.5) is 5.69 Å². The molecule has 3 heterocycles. The number of anilines is 1. The molecule has 2 aliphatic rings. The van der Waals surface area contributed by atoms with Gasteiger partial charge in [0.25, 0.3) is 0 Å². The number of carbonyl (C=O) groups is 2. The maximum atomic E-state index is 12.4. The van der Waals surface area contributed by atoms with Gasteiger partial charge in [-0.15, -0.1) is 0 Å². The number of benzene rings is 1. The van der Waals surface area contributed by atoms with Crippen molar-refractivity contribution in [2.45, 2.75) is 13.0 Å². The van der Waals surface area contributed by atoms with Crippen LogP contribution in [-0.2, 0) is 16.1 Å². The van der Waals surface area contributed by atoms with Gasteiger partial charge < -0.3 is 19.7 Å². The van der Waals surface area contributed by atoms with Crippen molar-refractivity contribution in [1.29, 1.82) is 0 Å². The second-order valence-electron chi connectivity index (χ2n) is 6.02. The van der Waals surface area contributed by atoms with E-state index >= 15 is 0 Å². The third kappa shape index (κ3) is 3.13. The fourth-order valence-corrected chi connectivity index (χ4v) is 3.02. The fourth-order valence-electron chi connectivity index (χ4n) is 3.02. The molecule has 2 amide bonds. The second-order valence-corrected chi connectivity index (χ2v) is 6.02. The molecule has 7 heteroatoms. The van der Waals surface area contributed by atoms with Gasteiger partial charge in [-0.2, -0.15) is 0 Å². The summed E-state index contributed by atoms with van der Waals surface area (Å²) in [5.74, 6) is 0.728. The van der Waals surface area contributed by atoms with Gasteiger partial charge in [-0.1, -0.05) is 6.07 Å². The molecule has 25 heavy (non-hydrogen) atoms. The fraction of sp³-hybridized carbons (Fsp3) is 0.278. The standard InChI is InChI=1S/C18H17N3O4/c22-17-6-13(18(23)20-9-12-2-1-5-19-8-12)10-21(17)14-3-4-15-16(7-14)25-11-24-15/h1-5,7-8,13H,6,9-11H2,(H,20,23). The number of nitrogens with zero attached hydrogens (tertiary/aromatic N) is 2. The third-order valence-electron chi connectivity index (χ3n) is 4.35. The molecular weight excluding hydrogens is 322 g/mol. The molecule has 2 aliphatic heterocycles. The summed E-state index contributed by atoms with van der Waals surface area (Å²) in [5.41, 5.74) is 1.64. The van der Waals surface area contributed by atoms with Crippen molar-refractivity contribution in [3.05, 3.63) is 48.3 Å². The van der Waals surface area contributed by atoms with E-state index in [1.807, 2.05) is 12.1 Å². The van der Waals surface area contributed by atoms with Crippen LogP contribution in [0.25, 0.3) is 0 Å². The number of nitrogens with one attached hydrogen (secondary N) is 1. The molecule has 1 N–H and O–H groups in total. The van der Waals surface area contributed by atoms with Crippen LogP contribution >= 0.6 is 0 Å². The predicted molar refractivity (Wildman–Crippen MR) is 89.1 cm³/mol. The Morgan fingerprint density at radius 3 is 3.00 bits per heavy atom. The molecule has 0 aliphatic carbocycles. The van der Waals surface area contributed by atoms with Crippen molar-refractivity contribution in [2.24, 2.45) is 5.92 Å². The molecule has 2 aromatic rings. The van der Waals surface area contributed by atoms with Crippen LogP contribution in [0.3, 0.4) is 0 Å². The lowest BCUT2D eigenvalue weighted by molar-refractivity contribution is -0.126. The highest BCUT2D eigenvalue weighted by molar-refractivity contribution is 6.00. The zero-order valence-corrected chi connectivity index (χ0v) is 13.5. The lowest BCUT2D eigenvalue weighted by Gasteiger charge is -2.17. The van der Waals surface area contributed by atoms with Crippen LogP contribution in [0.5, 0.6) is 11.5 Å². The predicted octanol–water partition coefficient (Wildman–Crippen LogP) is 1.48. The number of ether oxygens (including phenoxy) is 2. The minimum absolute atomic E-state index is 0.0691. The smallest absolute Gasteiger partial charge is 0.231 e. The summed E-state index contributed by atoms with van der Waals surface area (Å²) in [6.45, 7) is 0.949. The molecule has 1 atom stereocenters. The Morgan fingerprint density at radius 2 is 2.16 bits per heavy atom. The van der Waals surface area contributed by atoms with Crippen molar-refractivity contribution in [3.8, 4) is 11.5 Å². The van der Waals surface area contributed by atoms with Gasteiger partial charge >= 0.3 is 0 Å². The van der Waals surface area contributed by atoms with Crippen molar-refractivity contribution >= 4 is 17.5 Å². The lowest BCUT2D eigenvalue weighted by Crippen LogP contribution is -2.32. The number of pyridine rings is 1. The van der Waals surface area contributed by atoms with E-state index in [2.05, 4.69) is 10.3 Å². The minimum Gasteiger partial charge on any atom is -0.454 e. The summed E-state index contributed by atoms with van der Waals surface area (Å²) < 4.78 is 10.6. The molecule has 1 unspecified atom stereocenters. The van der Waals surface area contributed by atoms with E-state index in [0.717, 1.165) is 11.3 Å². The highest BCUT2D eigenvalue weighted by Gasteiger charge is 2.35. The molecule has 0 spiro atoms. The number of hydrogen-bond acceptors (Lipinski definition) is 5. The van der Waals surface area contributed by atoms with E-state index in [9.17, 15) is 9.59 Å². The van der Waals surface area contributed by atoms with Gasteiger partial charge in [-0.25, -0.2) is 0 Å². The van der Waals surface area contributed by atoms with E-state index in [1.54, 1.807) is 35.5 Å².